The van der Waals surface area contributed by atoms with E-state index in [-0.39, 0.29) is 0 Å². The van der Waals surface area contributed by atoms with Crippen molar-refractivity contribution in [1.82, 2.24) is 0 Å². The van der Waals surface area contributed by atoms with E-state index in [1.54, 1.807) is 6.07 Å². The van der Waals surface area contributed by atoms with Crippen LogP contribution in [0.4, 0.5) is 4.39 Å². The van der Waals surface area contributed by atoms with Gasteiger partial charge in [-0.3, -0.25) is 0 Å². The Morgan fingerprint density at radius 1 is 1.20 bits per heavy atom. The molecule has 0 spiro atoms. The number of benzene rings is 1. The lowest BCUT2D eigenvalue weighted by molar-refractivity contribution is 0.773. The number of nitrogens with zero attached hydrogens (tertiary/aromatic N) is 1. The summed E-state index contributed by atoms with van der Waals surface area (Å²) < 4.78 is 11.9. The first-order valence-corrected chi connectivity index (χ1v) is 8.15. The second-order valence-corrected chi connectivity index (χ2v) is 9.42. The fourth-order valence-corrected chi connectivity index (χ4v) is 2.42. The summed E-state index contributed by atoms with van der Waals surface area (Å²) in [6.07, 6.45) is 1.33. The Labute approximate surface area is 90.6 Å². The molecule has 0 saturated carbocycles. The van der Waals surface area contributed by atoms with E-state index >= 15 is 0 Å². The van der Waals surface area contributed by atoms with Crippen molar-refractivity contribution in [3.63, 3.8) is 0 Å². The minimum Gasteiger partial charge on any atom is -0.192 e. The molecule has 3 heteroatoms. The third-order valence-corrected chi connectivity index (χ3v) is 4.23. The van der Waals surface area contributed by atoms with Crippen LogP contribution in [0, 0.1) is 23.4 Å². The molecular weight excluding hydrogens is 205 g/mol. The van der Waals surface area contributed by atoms with E-state index in [0.717, 1.165) is 0 Å². The van der Waals surface area contributed by atoms with E-state index in [4.69, 9.17) is 5.26 Å². The molecule has 0 unspecified atom stereocenters. The smallest absolute Gasteiger partial charge is 0.111 e. The zero-order chi connectivity index (χ0) is 11.5. The summed E-state index contributed by atoms with van der Waals surface area (Å²) in [6.45, 7) is 6.60. The van der Waals surface area contributed by atoms with Crippen LogP contribution in [0.1, 0.15) is 11.1 Å². The number of hydrogen-bond donors (Lipinski definition) is 0. The normalized spacial score (nSPS) is 10.1. The second kappa shape index (κ2) is 4.29. The van der Waals surface area contributed by atoms with Gasteiger partial charge in [-0.15, -0.1) is 4.39 Å². The summed E-state index contributed by atoms with van der Waals surface area (Å²) >= 11 is 0. The van der Waals surface area contributed by atoms with E-state index in [2.05, 4.69) is 25.6 Å². The lowest BCUT2D eigenvalue weighted by atomic mass is 10.1. The van der Waals surface area contributed by atoms with Crippen LogP contribution in [0.2, 0.25) is 19.6 Å². The third-order valence-electron chi connectivity index (χ3n) is 2.19. The fraction of sp³-hybridized carbons (Fsp3) is 0.250. The van der Waals surface area contributed by atoms with Crippen molar-refractivity contribution in [2.45, 2.75) is 19.6 Å². The van der Waals surface area contributed by atoms with Gasteiger partial charge in [-0.25, -0.2) is 0 Å². The summed E-state index contributed by atoms with van der Waals surface area (Å²) in [4.78, 5) is 0. The van der Waals surface area contributed by atoms with Gasteiger partial charge in [0.05, 0.1) is 13.6 Å². The van der Waals surface area contributed by atoms with Crippen LogP contribution in [-0.2, 0) is 0 Å². The maximum Gasteiger partial charge on any atom is 0.111 e. The molecule has 0 atom stereocenters. The minimum atomic E-state index is -1.42. The Hall–Kier alpha value is -1.58. The molecule has 1 aromatic carbocycles. The van der Waals surface area contributed by atoms with Crippen LogP contribution < -0.4 is 5.19 Å². The summed E-state index contributed by atoms with van der Waals surface area (Å²) in [5.74, 6) is 2.28. The third kappa shape index (κ3) is 2.68. The van der Waals surface area contributed by atoms with Crippen LogP contribution in [0.25, 0.3) is 0 Å². The Kier molecular flexibility index (Phi) is 3.29. The number of rotatable bonds is 1. The molecule has 0 saturated heterocycles. The molecule has 1 aromatic rings. The number of nitriles is 1. The van der Waals surface area contributed by atoms with Crippen molar-refractivity contribution < 1.29 is 4.39 Å². The van der Waals surface area contributed by atoms with Gasteiger partial charge in [-0.1, -0.05) is 30.9 Å². The maximum absolute atomic E-state index is 11.9. The first kappa shape index (κ1) is 11.5. The molecule has 0 bridgehead atoms. The van der Waals surface area contributed by atoms with E-state index in [1.807, 2.05) is 18.2 Å². The molecule has 0 amide bonds. The van der Waals surface area contributed by atoms with E-state index < -0.39 is 8.07 Å². The fourth-order valence-electron chi connectivity index (χ4n) is 1.26. The highest BCUT2D eigenvalue weighted by atomic mass is 28.3. The predicted molar refractivity (Wildman–Crippen MR) is 62.1 cm³/mol. The molecule has 0 heterocycles. The summed E-state index contributed by atoms with van der Waals surface area (Å²) in [6, 6.07) is 7.53. The predicted octanol–water partition coefficient (Wildman–Crippen LogP) is 2.38. The van der Waals surface area contributed by atoms with Gasteiger partial charge in [-0.05, 0) is 18.1 Å². The van der Waals surface area contributed by atoms with Crippen LogP contribution in [0.3, 0.4) is 0 Å². The zero-order valence-electron chi connectivity index (χ0n) is 9.06. The molecule has 0 fully saturated rings. The monoisotopic (exact) mass is 217 g/mol. The van der Waals surface area contributed by atoms with Gasteiger partial charge >= 0.3 is 0 Å². The molecule has 0 radical (unpaired) electrons. The van der Waals surface area contributed by atoms with E-state index in [9.17, 15) is 4.39 Å². The molecule has 1 nitrogen and oxygen atoms in total. The highest BCUT2D eigenvalue weighted by Gasteiger charge is 2.17. The van der Waals surface area contributed by atoms with Crippen LogP contribution in [0.15, 0.2) is 18.2 Å². The average Bonchev–Trinajstić information content (AvgIpc) is 2.17. The largest absolute Gasteiger partial charge is 0.192 e. The molecule has 0 aliphatic carbocycles. The van der Waals surface area contributed by atoms with Gasteiger partial charge in [-0.2, -0.15) is 5.26 Å². The first-order chi connectivity index (χ1) is 6.99. The lowest BCUT2D eigenvalue weighted by Crippen LogP contribution is -2.37. The first-order valence-electron chi connectivity index (χ1n) is 4.65. The Balaban J connectivity index is 3.31. The molecule has 15 heavy (non-hydrogen) atoms. The van der Waals surface area contributed by atoms with Gasteiger partial charge in [0.15, 0.2) is 0 Å². The summed E-state index contributed by atoms with van der Waals surface area (Å²) in [5.41, 5.74) is 0.919. The lowest BCUT2D eigenvalue weighted by Gasteiger charge is -2.16. The molecule has 0 aliphatic rings. The van der Waals surface area contributed by atoms with Gasteiger partial charge in [0, 0.05) is 5.56 Å². The highest BCUT2D eigenvalue weighted by molar-refractivity contribution is 6.88. The minimum absolute atomic E-state index is 0.458. The number of halogens is 1. The van der Waals surface area contributed by atoms with Gasteiger partial charge < -0.3 is 0 Å². The molecule has 1 rings (SSSR count). The quantitative estimate of drug-likeness (QED) is 0.523. The topological polar surface area (TPSA) is 23.8 Å². The number of hydrogen-bond acceptors (Lipinski definition) is 1. The second-order valence-electron chi connectivity index (χ2n) is 4.34. The molecular formula is C12H12FNSi. The van der Waals surface area contributed by atoms with E-state index in [1.165, 1.54) is 11.4 Å². The maximum atomic E-state index is 11.9. The van der Waals surface area contributed by atoms with Crippen molar-refractivity contribution in [3.05, 3.63) is 29.3 Å². The van der Waals surface area contributed by atoms with Crippen LogP contribution in [0.5, 0.6) is 0 Å². The Bertz CT molecular complexity index is 469. The molecule has 76 valence electrons. The summed E-state index contributed by atoms with van der Waals surface area (Å²) in [7, 11) is -1.42. The van der Waals surface area contributed by atoms with Gasteiger partial charge in [0.2, 0.25) is 0 Å². The van der Waals surface area contributed by atoms with Crippen molar-refractivity contribution in [2.75, 3.05) is 0 Å². The highest BCUT2D eigenvalue weighted by Crippen LogP contribution is 2.09. The molecule has 0 aliphatic heterocycles. The standard InChI is InChI=1S/C12H12FNSi/c1-15(2,3)12-5-4-10(6-7-13)11(8-12)9-14/h4-5,8H,1-3H3. The Morgan fingerprint density at radius 2 is 1.87 bits per heavy atom. The SMILES string of the molecule is C[Si](C)(C)c1ccc(C#CF)c(C#N)c1. The average molecular weight is 217 g/mol. The van der Waals surface area contributed by atoms with Crippen LogP contribution in [-0.4, -0.2) is 8.07 Å². The van der Waals surface area contributed by atoms with Crippen molar-refractivity contribution in [2.24, 2.45) is 0 Å². The van der Waals surface area contributed by atoms with E-state index in [0.29, 0.717) is 11.1 Å². The molecule has 0 aromatic heterocycles. The van der Waals surface area contributed by atoms with Crippen molar-refractivity contribution in [3.8, 4) is 18.2 Å². The van der Waals surface area contributed by atoms with Gasteiger partial charge in [0.1, 0.15) is 12.2 Å². The van der Waals surface area contributed by atoms with Gasteiger partial charge in [0.25, 0.3) is 0 Å². The summed E-state index contributed by atoms with van der Waals surface area (Å²) in [5, 5.41) is 10.1. The van der Waals surface area contributed by atoms with Crippen LogP contribution >= 0.6 is 0 Å². The van der Waals surface area contributed by atoms with Crippen molar-refractivity contribution >= 4 is 13.3 Å². The molecule has 0 N–H and O–H groups in total. The Morgan fingerprint density at radius 3 is 2.33 bits per heavy atom. The zero-order valence-corrected chi connectivity index (χ0v) is 10.1. The van der Waals surface area contributed by atoms with Crippen molar-refractivity contribution in [1.29, 1.82) is 5.26 Å².